The Hall–Kier alpha value is -3.48. The fraction of sp³-hybridized carbons (Fsp3) is 0.238. The van der Waals surface area contributed by atoms with Crippen LogP contribution in [0.1, 0.15) is 31.4 Å². The molecule has 1 heterocycles. The quantitative estimate of drug-likeness (QED) is 0.540. The average molecular weight is 376 g/mol. The first-order valence-electron chi connectivity index (χ1n) is 9.08. The second-order valence-electron chi connectivity index (χ2n) is 7.35. The van der Waals surface area contributed by atoms with Crippen molar-refractivity contribution in [2.24, 2.45) is 5.10 Å². The average Bonchev–Trinajstić information content (AvgIpc) is 3.09. The molecule has 1 aliphatic carbocycles. The lowest BCUT2D eigenvalue weighted by atomic mass is 10.1. The number of nitrogens with one attached hydrogen (secondary N) is 2. The third-order valence-electron chi connectivity index (χ3n) is 4.95. The topological polar surface area (TPSA) is 90.9 Å². The van der Waals surface area contributed by atoms with Gasteiger partial charge in [-0.25, -0.2) is 10.2 Å². The van der Waals surface area contributed by atoms with E-state index in [1.807, 2.05) is 48.5 Å². The summed E-state index contributed by atoms with van der Waals surface area (Å²) in [5, 5.41) is 6.92. The fourth-order valence-electron chi connectivity index (χ4n) is 3.52. The third kappa shape index (κ3) is 2.94. The highest BCUT2D eigenvalue weighted by Gasteiger charge is 2.44. The van der Waals surface area contributed by atoms with E-state index in [9.17, 15) is 14.4 Å². The Morgan fingerprint density at radius 2 is 1.54 bits per heavy atom. The van der Waals surface area contributed by atoms with Crippen molar-refractivity contribution in [1.82, 2.24) is 15.6 Å². The Balaban J connectivity index is 1.47. The molecule has 1 aliphatic heterocycles. The van der Waals surface area contributed by atoms with Gasteiger partial charge in [0, 0.05) is 24.1 Å². The van der Waals surface area contributed by atoms with E-state index in [-0.39, 0.29) is 24.8 Å². The summed E-state index contributed by atoms with van der Waals surface area (Å²) < 4.78 is 0. The highest BCUT2D eigenvalue weighted by Crippen LogP contribution is 2.36. The fourth-order valence-corrected chi connectivity index (χ4v) is 3.52. The molecule has 0 bridgehead atoms. The molecule has 7 nitrogen and oxygen atoms in total. The molecule has 7 heteroatoms. The number of hydrogen-bond acceptors (Lipinski definition) is 4. The summed E-state index contributed by atoms with van der Waals surface area (Å²) in [5.41, 5.74) is 6.39. The van der Waals surface area contributed by atoms with Crippen LogP contribution in [0.3, 0.4) is 0 Å². The summed E-state index contributed by atoms with van der Waals surface area (Å²) in [4.78, 5) is 37.4. The molecule has 2 aromatic rings. The number of hydrogen-bond donors (Lipinski definition) is 2. The Morgan fingerprint density at radius 3 is 2.04 bits per heavy atom. The van der Waals surface area contributed by atoms with Gasteiger partial charge in [-0.2, -0.15) is 5.10 Å². The zero-order valence-electron chi connectivity index (χ0n) is 15.7. The highest BCUT2D eigenvalue weighted by molar-refractivity contribution is 6.24. The standard InChI is InChI=1S/C21H20N4O3/c1-21(2)19(27)25(20(28)22-21)12-11-17(26)23-24-18-15-9-5-3-7-13(15)14-8-4-6-10-16(14)18/h3-10H,11-12H2,1-2H3,(H,22,28)(H,23,26). The largest absolute Gasteiger partial charge is 0.325 e. The van der Waals surface area contributed by atoms with Crippen molar-refractivity contribution in [3.05, 3.63) is 59.7 Å². The first kappa shape index (κ1) is 17.9. The molecule has 0 unspecified atom stereocenters. The molecule has 2 aliphatic rings. The molecule has 1 fully saturated rings. The van der Waals surface area contributed by atoms with Gasteiger partial charge in [0.15, 0.2) is 0 Å². The SMILES string of the molecule is CC1(C)NC(=O)N(CCC(=O)NN=C2c3ccccc3-c3ccccc32)C1=O. The number of fused-ring (bicyclic) bond motifs is 3. The first-order chi connectivity index (χ1) is 13.4. The molecule has 4 amide bonds. The van der Waals surface area contributed by atoms with Crippen molar-refractivity contribution < 1.29 is 14.4 Å². The molecule has 0 spiro atoms. The molecule has 142 valence electrons. The Kier molecular flexibility index (Phi) is 4.22. The van der Waals surface area contributed by atoms with Gasteiger partial charge in [-0.15, -0.1) is 0 Å². The number of nitrogens with zero attached hydrogens (tertiary/aromatic N) is 2. The second-order valence-corrected chi connectivity index (χ2v) is 7.35. The van der Waals surface area contributed by atoms with Crippen LogP contribution in [0.25, 0.3) is 11.1 Å². The molecule has 1 saturated heterocycles. The van der Waals surface area contributed by atoms with E-state index >= 15 is 0 Å². The number of amides is 4. The Bertz CT molecular complexity index is 978. The minimum Gasteiger partial charge on any atom is -0.324 e. The van der Waals surface area contributed by atoms with Crippen molar-refractivity contribution in [3.63, 3.8) is 0 Å². The van der Waals surface area contributed by atoms with Crippen molar-refractivity contribution in [2.75, 3.05) is 6.54 Å². The Labute approximate surface area is 162 Å². The zero-order chi connectivity index (χ0) is 19.9. The van der Waals surface area contributed by atoms with Gasteiger partial charge >= 0.3 is 6.03 Å². The number of carbonyl (C=O) groups excluding carboxylic acids is 3. The van der Waals surface area contributed by atoms with Crippen LogP contribution >= 0.6 is 0 Å². The van der Waals surface area contributed by atoms with Crippen LogP contribution in [0, 0.1) is 0 Å². The molecular weight excluding hydrogens is 356 g/mol. The molecule has 0 atom stereocenters. The van der Waals surface area contributed by atoms with Crippen LogP contribution in [-0.4, -0.2) is 40.5 Å². The van der Waals surface area contributed by atoms with E-state index in [1.54, 1.807) is 13.8 Å². The Morgan fingerprint density at radius 1 is 1.00 bits per heavy atom. The third-order valence-corrected chi connectivity index (χ3v) is 4.95. The molecule has 0 radical (unpaired) electrons. The van der Waals surface area contributed by atoms with Gasteiger partial charge in [0.25, 0.3) is 5.91 Å². The number of urea groups is 1. The molecule has 2 N–H and O–H groups in total. The smallest absolute Gasteiger partial charge is 0.324 e. The van der Waals surface area contributed by atoms with E-state index in [0.717, 1.165) is 27.2 Å². The molecule has 4 rings (SSSR count). The van der Waals surface area contributed by atoms with Crippen molar-refractivity contribution in [2.45, 2.75) is 25.8 Å². The van der Waals surface area contributed by atoms with Crippen molar-refractivity contribution in [1.29, 1.82) is 0 Å². The van der Waals surface area contributed by atoms with Crippen molar-refractivity contribution in [3.8, 4) is 11.1 Å². The molecule has 0 aromatic heterocycles. The maximum atomic E-state index is 12.3. The lowest BCUT2D eigenvalue weighted by Crippen LogP contribution is -2.40. The van der Waals surface area contributed by atoms with E-state index in [0.29, 0.717) is 5.71 Å². The lowest BCUT2D eigenvalue weighted by molar-refractivity contribution is -0.130. The molecule has 28 heavy (non-hydrogen) atoms. The monoisotopic (exact) mass is 376 g/mol. The minimum atomic E-state index is -0.939. The summed E-state index contributed by atoms with van der Waals surface area (Å²) in [7, 11) is 0. The zero-order valence-corrected chi connectivity index (χ0v) is 15.7. The molecular formula is C21H20N4O3. The van der Waals surface area contributed by atoms with E-state index in [1.165, 1.54) is 0 Å². The summed E-state index contributed by atoms with van der Waals surface area (Å²) >= 11 is 0. The highest BCUT2D eigenvalue weighted by atomic mass is 16.2. The second kappa shape index (κ2) is 6.60. The summed E-state index contributed by atoms with van der Waals surface area (Å²) in [6.45, 7) is 3.28. The van der Waals surface area contributed by atoms with E-state index < -0.39 is 11.6 Å². The normalized spacial score (nSPS) is 16.5. The van der Waals surface area contributed by atoms with Crippen LogP contribution in [0.2, 0.25) is 0 Å². The summed E-state index contributed by atoms with van der Waals surface area (Å²) in [5.74, 6) is -0.699. The lowest BCUT2D eigenvalue weighted by Gasteiger charge is -2.15. The van der Waals surface area contributed by atoms with Crippen LogP contribution in [-0.2, 0) is 9.59 Å². The number of hydrazone groups is 1. The summed E-state index contributed by atoms with van der Waals surface area (Å²) in [6, 6.07) is 15.3. The first-order valence-corrected chi connectivity index (χ1v) is 9.08. The predicted molar refractivity (Wildman–Crippen MR) is 105 cm³/mol. The van der Waals surface area contributed by atoms with Gasteiger partial charge in [0.1, 0.15) is 5.54 Å². The predicted octanol–water partition coefficient (Wildman–Crippen LogP) is 2.26. The van der Waals surface area contributed by atoms with Crippen LogP contribution in [0.5, 0.6) is 0 Å². The number of benzene rings is 2. The van der Waals surface area contributed by atoms with Crippen LogP contribution in [0.4, 0.5) is 4.79 Å². The number of rotatable bonds is 4. The van der Waals surface area contributed by atoms with Gasteiger partial charge in [0.2, 0.25) is 5.91 Å². The molecule has 0 saturated carbocycles. The number of imide groups is 1. The molecule has 2 aromatic carbocycles. The maximum Gasteiger partial charge on any atom is 0.325 e. The van der Waals surface area contributed by atoms with Crippen molar-refractivity contribution >= 4 is 23.6 Å². The van der Waals surface area contributed by atoms with Gasteiger partial charge in [-0.3, -0.25) is 14.5 Å². The van der Waals surface area contributed by atoms with Crippen LogP contribution in [0.15, 0.2) is 53.6 Å². The van der Waals surface area contributed by atoms with Gasteiger partial charge in [-0.1, -0.05) is 48.5 Å². The van der Waals surface area contributed by atoms with Gasteiger partial charge in [0.05, 0.1) is 5.71 Å². The minimum absolute atomic E-state index is 0.0119. The van der Waals surface area contributed by atoms with Gasteiger partial charge in [-0.05, 0) is 25.0 Å². The van der Waals surface area contributed by atoms with E-state index in [4.69, 9.17) is 0 Å². The van der Waals surface area contributed by atoms with Gasteiger partial charge < -0.3 is 5.32 Å². The van der Waals surface area contributed by atoms with E-state index in [2.05, 4.69) is 15.8 Å². The van der Waals surface area contributed by atoms with Crippen LogP contribution < -0.4 is 10.7 Å². The maximum absolute atomic E-state index is 12.3. The summed E-state index contributed by atoms with van der Waals surface area (Å²) in [6.07, 6.45) is -0.0185. The number of carbonyl (C=O) groups is 3.